The molecular weight excluding hydrogens is 238 g/mol. The summed E-state index contributed by atoms with van der Waals surface area (Å²) in [5, 5.41) is 9.33. The largest absolute Gasteiger partial charge is 0.395 e. The molecule has 2 rings (SSSR count). The maximum absolute atomic E-state index is 12.3. The molecule has 0 aromatic heterocycles. The summed E-state index contributed by atoms with van der Waals surface area (Å²) in [6.07, 6.45) is 1.64. The first kappa shape index (κ1) is 14.1. The molecule has 1 N–H and O–H groups in total. The second kappa shape index (κ2) is 4.97. The number of aryl methyl sites for hydroxylation is 1. The first-order valence-corrected chi connectivity index (χ1v) is 6.83. The van der Waals surface area contributed by atoms with Gasteiger partial charge in [0.25, 0.3) is 0 Å². The quantitative estimate of drug-likeness (QED) is 0.903. The molecule has 0 spiro atoms. The van der Waals surface area contributed by atoms with Crippen LogP contribution in [0.5, 0.6) is 0 Å². The van der Waals surface area contributed by atoms with Crippen LogP contribution >= 0.6 is 0 Å². The number of nitrogens with zero attached hydrogens (tertiary/aromatic N) is 1. The van der Waals surface area contributed by atoms with Gasteiger partial charge in [-0.15, -0.1) is 0 Å². The molecule has 3 heteroatoms. The molecule has 1 aliphatic rings. The SMILES string of the molecule is Cc1ccc(CN(C)C(=O)C2(CO)CC2)c(C)c1C. The lowest BCUT2D eigenvalue weighted by molar-refractivity contribution is -0.137. The van der Waals surface area contributed by atoms with E-state index in [1.165, 1.54) is 22.3 Å². The summed E-state index contributed by atoms with van der Waals surface area (Å²) in [4.78, 5) is 14.0. The minimum atomic E-state index is -0.470. The Morgan fingerprint density at radius 3 is 2.42 bits per heavy atom. The Hall–Kier alpha value is -1.35. The molecule has 1 aromatic rings. The Morgan fingerprint density at radius 1 is 1.26 bits per heavy atom. The van der Waals surface area contributed by atoms with Crippen LogP contribution in [0.3, 0.4) is 0 Å². The molecule has 0 bridgehead atoms. The van der Waals surface area contributed by atoms with Gasteiger partial charge in [-0.1, -0.05) is 12.1 Å². The Kier molecular flexibility index (Phi) is 3.68. The van der Waals surface area contributed by atoms with Crippen molar-refractivity contribution in [2.45, 2.75) is 40.2 Å². The zero-order chi connectivity index (χ0) is 14.2. The highest BCUT2D eigenvalue weighted by molar-refractivity contribution is 5.85. The van der Waals surface area contributed by atoms with E-state index in [0.29, 0.717) is 6.54 Å². The Balaban J connectivity index is 2.13. The van der Waals surface area contributed by atoms with E-state index < -0.39 is 5.41 Å². The van der Waals surface area contributed by atoms with E-state index in [4.69, 9.17) is 0 Å². The van der Waals surface area contributed by atoms with Gasteiger partial charge in [0, 0.05) is 13.6 Å². The third-order valence-corrected chi connectivity index (χ3v) is 4.53. The molecule has 0 radical (unpaired) electrons. The molecule has 104 valence electrons. The first-order valence-electron chi connectivity index (χ1n) is 6.83. The average molecular weight is 261 g/mol. The Bertz CT molecular complexity index is 504. The number of aliphatic hydroxyl groups excluding tert-OH is 1. The van der Waals surface area contributed by atoms with Crippen molar-refractivity contribution in [3.8, 4) is 0 Å². The lowest BCUT2D eigenvalue weighted by Crippen LogP contribution is -2.35. The highest BCUT2D eigenvalue weighted by atomic mass is 16.3. The van der Waals surface area contributed by atoms with Crippen LogP contribution in [-0.4, -0.2) is 29.6 Å². The maximum atomic E-state index is 12.3. The van der Waals surface area contributed by atoms with Crippen molar-refractivity contribution in [1.29, 1.82) is 0 Å². The van der Waals surface area contributed by atoms with Crippen LogP contribution in [0.15, 0.2) is 12.1 Å². The van der Waals surface area contributed by atoms with Crippen molar-refractivity contribution in [1.82, 2.24) is 4.90 Å². The van der Waals surface area contributed by atoms with E-state index in [1.807, 2.05) is 7.05 Å². The van der Waals surface area contributed by atoms with Crippen molar-refractivity contribution in [2.75, 3.05) is 13.7 Å². The maximum Gasteiger partial charge on any atom is 0.231 e. The lowest BCUT2D eigenvalue weighted by Gasteiger charge is -2.23. The van der Waals surface area contributed by atoms with Crippen LogP contribution in [0.25, 0.3) is 0 Å². The molecule has 1 saturated carbocycles. The third kappa shape index (κ3) is 2.52. The number of hydrogen-bond donors (Lipinski definition) is 1. The smallest absolute Gasteiger partial charge is 0.231 e. The summed E-state index contributed by atoms with van der Waals surface area (Å²) < 4.78 is 0. The van der Waals surface area contributed by atoms with Gasteiger partial charge in [0.1, 0.15) is 0 Å². The third-order valence-electron chi connectivity index (χ3n) is 4.53. The topological polar surface area (TPSA) is 40.5 Å². The number of aliphatic hydroxyl groups is 1. The van der Waals surface area contributed by atoms with Gasteiger partial charge in [-0.05, 0) is 55.9 Å². The second-order valence-corrected chi connectivity index (χ2v) is 5.89. The molecule has 1 amide bonds. The van der Waals surface area contributed by atoms with E-state index >= 15 is 0 Å². The fourth-order valence-corrected chi connectivity index (χ4v) is 2.51. The molecule has 0 aliphatic heterocycles. The summed E-state index contributed by atoms with van der Waals surface area (Å²) >= 11 is 0. The van der Waals surface area contributed by atoms with Gasteiger partial charge in [-0.25, -0.2) is 0 Å². The van der Waals surface area contributed by atoms with Crippen LogP contribution in [0.4, 0.5) is 0 Å². The number of hydrogen-bond acceptors (Lipinski definition) is 2. The number of carbonyl (C=O) groups is 1. The monoisotopic (exact) mass is 261 g/mol. The predicted molar refractivity (Wildman–Crippen MR) is 75.9 cm³/mol. The molecule has 19 heavy (non-hydrogen) atoms. The molecule has 0 unspecified atom stereocenters. The van der Waals surface area contributed by atoms with Crippen molar-refractivity contribution >= 4 is 5.91 Å². The van der Waals surface area contributed by atoms with Gasteiger partial charge in [0.15, 0.2) is 0 Å². The summed E-state index contributed by atoms with van der Waals surface area (Å²) in [7, 11) is 1.83. The standard InChI is InChI=1S/C16H23NO2/c1-11-5-6-14(13(3)12(11)2)9-17(4)15(19)16(10-18)7-8-16/h5-6,18H,7-10H2,1-4H3. The van der Waals surface area contributed by atoms with Crippen LogP contribution in [0.1, 0.15) is 35.1 Å². The van der Waals surface area contributed by atoms with E-state index in [-0.39, 0.29) is 12.5 Å². The van der Waals surface area contributed by atoms with Crippen molar-refractivity contribution in [3.05, 3.63) is 34.4 Å². The molecule has 1 fully saturated rings. The van der Waals surface area contributed by atoms with E-state index in [0.717, 1.165) is 12.8 Å². The van der Waals surface area contributed by atoms with E-state index in [2.05, 4.69) is 32.9 Å². The normalized spacial score (nSPS) is 16.3. The summed E-state index contributed by atoms with van der Waals surface area (Å²) in [6, 6.07) is 4.20. The van der Waals surface area contributed by atoms with Crippen molar-refractivity contribution in [3.63, 3.8) is 0 Å². The van der Waals surface area contributed by atoms with Gasteiger partial charge in [-0.2, -0.15) is 0 Å². The van der Waals surface area contributed by atoms with E-state index in [1.54, 1.807) is 4.90 Å². The predicted octanol–water partition coefficient (Wildman–Crippen LogP) is 2.34. The molecular formula is C16H23NO2. The molecule has 0 saturated heterocycles. The summed E-state index contributed by atoms with van der Waals surface area (Å²) in [6.45, 7) is 6.92. The highest BCUT2D eigenvalue weighted by Gasteiger charge is 2.50. The molecule has 1 aromatic carbocycles. The lowest BCUT2D eigenvalue weighted by atomic mass is 9.98. The average Bonchev–Trinajstić information content (AvgIpc) is 3.19. The number of rotatable bonds is 4. The molecule has 0 heterocycles. The van der Waals surface area contributed by atoms with Crippen LogP contribution in [0.2, 0.25) is 0 Å². The fourth-order valence-electron chi connectivity index (χ4n) is 2.51. The van der Waals surface area contributed by atoms with Crippen molar-refractivity contribution < 1.29 is 9.90 Å². The van der Waals surface area contributed by atoms with Crippen molar-refractivity contribution in [2.24, 2.45) is 5.41 Å². The van der Waals surface area contributed by atoms with Crippen LogP contribution in [-0.2, 0) is 11.3 Å². The zero-order valence-electron chi connectivity index (χ0n) is 12.3. The zero-order valence-corrected chi connectivity index (χ0v) is 12.3. The van der Waals surface area contributed by atoms with Gasteiger partial charge in [0.2, 0.25) is 5.91 Å². The molecule has 3 nitrogen and oxygen atoms in total. The highest BCUT2D eigenvalue weighted by Crippen LogP contribution is 2.46. The Morgan fingerprint density at radius 2 is 1.89 bits per heavy atom. The van der Waals surface area contributed by atoms with Gasteiger partial charge < -0.3 is 10.0 Å². The second-order valence-electron chi connectivity index (χ2n) is 5.89. The van der Waals surface area contributed by atoms with Gasteiger partial charge in [0.05, 0.1) is 12.0 Å². The number of benzene rings is 1. The molecule has 1 aliphatic carbocycles. The minimum Gasteiger partial charge on any atom is -0.395 e. The van der Waals surface area contributed by atoms with Gasteiger partial charge in [-0.3, -0.25) is 4.79 Å². The van der Waals surface area contributed by atoms with Gasteiger partial charge >= 0.3 is 0 Å². The summed E-state index contributed by atoms with van der Waals surface area (Å²) in [5.41, 5.74) is 4.55. The number of amides is 1. The summed E-state index contributed by atoms with van der Waals surface area (Å²) in [5.74, 6) is 0.0765. The van der Waals surface area contributed by atoms with E-state index in [9.17, 15) is 9.90 Å². The first-order chi connectivity index (χ1) is 8.91. The Labute approximate surface area is 115 Å². The van der Waals surface area contributed by atoms with Crippen LogP contribution in [0, 0.1) is 26.2 Å². The van der Waals surface area contributed by atoms with Crippen LogP contribution < -0.4 is 0 Å². The number of carbonyl (C=O) groups excluding carboxylic acids is 1. The fraction of sp³-hybridized carbons (Fsp3) is 0.562. The molecule has 0 atom stereocenters. The minimum absolute atomic E-state index is 0.0257.